The molecule has 0 amide bonds. The number of nitriles is 1. The van der Waals surface area contributed by atoms with E-state index in [0.717, 1.165) is 24.0 Å². The Balaban J connectivity index is 2.15. The highest BCUT2D eigenvalue weighted by Crippen LogP contribution is 2.21. The van der Waals surface area contributed by atoms with E-state index in [1.807, 2.05) is 24.3 Å². The molecule has 0 radical (unpaired) electrons. The largest absolute Gasteiger partial charge is 0.392 e. The van der Waals surface area contributed by atoms with E-state index in [2.05, 4.69) is 30.3 Å². The Morgan fingerprint density at radius 3 is 2.42 bits per heavy atom. The molecule has 2 heteroatoms. The third-order valence-electron chi connectivity index (χ3n) is 3.15. The molecule has 2 aromatic rings. The van der Waals surface area contributed by atoms with Gasteiger partial charge in [0.25, 0.3) is 0 Å². The molecule has 0 unspecified atom stereocenters. The molecule has 0 saturated carbocycles. The van der Waals surface area contributed by atoms with Crippen molar-refractivity contribution < 1.29 is 5.11 Å². The van der Waals surface area contributed by atoms with Crippen molar-refractivity contribution in [3.05, 3.63) is 59.7 Å². The number of aliphatic hydroxyl groups is 1. The summed E-state index contributed by atoms with van der Waals surface area (Å²) < 4.78 is 0. The third-order valence-corrected chi connectivity index (χ3v) is 3.15. The van der Waals surface area contributed by atoms with Gasteiger partial charge in [0, 0.05) is 6.42 Å². The summed E-state index contributed by atoms with van der Waals surface area (Å²) in [4.78, 5) is 0. The van der Waals surface area contributed by atoms with E-state index in [0.29, 0.717) is 6.42 Å². The maximum absolute atomic E-state index is 9.04. The Kier molecular flexibility index (Phi) is 4.72. The first-order valence-corrected chi connectivity index (χ1v) is 6.49. The van der Waals surface area contributed by atoms with Gasteiger partial charge >= 0.3 is 0 Å². The number of benzene rings is 2. The molecule has 0 spiro atoms. The van der Waals surface area contributed by atoms with Crippen LogP contribution in [0, 0.1) is 11.3 Å². The number of hydrogen-bond donors (Lipinski definition) is 1. The van der Waals surface area contributed by atoms with E-state index in [1.165, 1.54) is 11.1 Å². The number of aliphatic hydroxyl groups excluding tert-OH is 1. The summed E-state index contributed by atoms with van der Waals surface area (Å²) in [5.41, 5.74) is 4.52. The minimum absolute atomic E-state index is 0.0779. The van der Waals surface area contributed by atoms with Crippen LogP contribution in [-0.2, 0) is 13.0 Å². The van der Waals surface area contributed by atoms with Crippen LogP contribution in [-0.4, -0.2) is 5.11 Å². The molecular weight excluding hydrogens is 234 g/mol. The van der Waals surface area contributed by atoms with Gasteiger partial charge in [0.15, 0.2) is 0 Å². The van der Waals surface area contributed by atoms with Crippen LogP contribution in [0.4, 0.5) is 0 Å². The van der Waals surface area contributed by atoms with Crippen molar-refractivity contribution >= 4 is 0 Å². The Morgan fingerprint density at radius 1 is 0.947 bits per heavy atom. The second-order valence-corrected chi connectivity index (χ2v) is 4.57. The molecule has 1 N–H and O–H groups in total. The molecule has 2 aromatic carbocycles. The lowest BCUT2D eigenvalue weighted by Gasteiger charge is -2.06. The lowest BCUT2D eigenvalue weighted by Crippen LogP contribution is -1.87. The molecule has 0 aliphatic rings. The van der Waals surface area contributed by atoms with Gasteiger partial charge in [-0.3, -0.25) is 0 Å². The second kappa shape index (κ2) is 6.72. The molecule has 96 valence electrons. The van der Waals surface area contributed by atoms with Gasteiger partial charge in [0.2, 0.25) is 0 Å². The lowest BCUT2D eigenvalue weighted by atomic mass is 10.00. The van der Waals surface area contributed by atoms with Crippen molar-refractivity contribution in [2.24, 2.45) is 0 Å². The molecule has 0 aliphatic heterocycles. The van der Waals surface area contributed by atoms with Gasteiger partial charge in [-0.1, -0.05) is 48.5 Å². The van der Waals surface area contributed by atoms with Gasteiger partial charge in [-0.2, -0.15) is 5.26 Å². The van der Waals surface area contributed by atoms with Crippen LogP contribution in [0.25, 0.3) is 11.1 Å². The van der Waals surface area contributed by atoms with Crippen molar-refractivity contribution in [3.63, 3.8) is 0 Å². The Labute approximate surface area is 114 Å². The van der Waals surface area contributed by atoms with Crippen molar-refractivity contribution in [1.82, 2.24) is 0 Å². The molecule has 0 aliphatic carbocycles. The predicted octanol–water partition coefficient (Wildman–Crippen LogP) is 3.69. The zero-order valence-corrected chi connectivity index (χ0v) is 10.8. The van der Waals surface area contributed by atoms with Crippen LogP contribution >= 0.6 is 0 Å². The molecule has 0 saturated heterocycles. The topological polar surface area (TPSA) is 44.0 Å². The predicted molar refractivity (Wildman–Crippen MR) is 76.4 cm³/mol. The van der Waals surface area contributed by atoms with Crippen LogP contribution in [0.2, 0.25) is 0 Å². The van der Waals surface area contributed by atoms with Crippen LogP contribution < -0.4 is 0 Å². The van der Waals surface area contributed by atoms with Crippen molar-refractivity contribution in [3.8, 4) is 17.2 Å². The number of hydrogen-bond acceptors (Lipinski definition) is 2. The smallest absolute Gasteiger partial charge is 0.0681 e. The highest BCUT2D eigenvalue weighted by Gasteiger charge is 2.00. The van der Waals surface area contributed by atoms with E-state index < -0.39 is 0 Å². The summed E-state index contributed by atoms with van der Waals surface area (Å²) in [5, 5.41) is 17.6. The molecule has 0 heterocycles. The quantitative estimate of drug-likeness (QED) is 0.823. The standard InChI is InChI=1S/C17H17NO/c18-11-2-1-4-14-5-3-6-17(12-14)16-9-7-15(13-19)8-10-16/h3,5-10,12,19H,1-2,4,13H2. The maximum Gasteiger partial charge on any atom is 0.0681 e. The van der Waals surface area contributed by atoms with Crippen molar-refractivity contribution in [2.45, 2.75) is 25.9 Å². The Bertz CT molecular complexity index is 567. The fraction of sp³-hybridized carbons (Fsp3) is 0.235. The van der Waals surface area contributed by atoms with Crippen LogP contribution in [0.1, 0.15) is 24.0 Å². The summed E-state index contributed by atoms with van der Waals surface area (Å²) in [6, 6.07) is 18.5. The molecule has 0 fully saturated rings. The molecular formula is C17H17NO. The number of nitrogens with zero attached hydrogens (tertiary/aromatic N) is 1. The first-order chi connectivity index (χ1) is 9.33. The average Bonchev–Trinajstić information content (AvgIpc) is 2.48. The highest BCUT2D eigenvalue weighted by atomic mass is 16.3. The van der Waals surface area contributed by atoms with Crippen LogP contribution in [0.5, 0.6) is 0 Å². The molecule has 19 heavy (non-hydrogen) atoms. The number of rotatable bonds is 5. The monoisotopic (exact) mass is 251 g/mol. The molecule has 2 rings (SSSR count). The van der Waals surface area contributed by atoms with Gasteiger partial charge < -0.3 is 5.11 Å². The van der Waals surface area contributed by atoms with Crippen LogP contribution in [0.3, 0.4) is 0 Å². The average molecular weight is 251 g/mol. The third kappa shape index (κ3) is 3.67. The van der Waals surface area contributed by atoms with Gasteiger partial charge in [0.05, 0.1) is 12.7 Å². The molecule has 0 bridgehead atoms. The number of aryl methyl sites for hydroxylation is 1. The van der Waals surface area contributed by atoms with E-state index in [4.69, 9.17) is 10.4 Å². The molecule has 0 atom stereocenters. The summed E-state index contributed by atoms with van der Waals surface area (Å²) in [7, 11) is 0. The zero-order chi connectivity index (χ0) is 13.5. The second-order valence-electron chi connectivity index (χ2n) is 4.57. The fourth-order valence-corrected chi connectivity index (χ4v) is 2.08. The lowest BCUT2D eigenvalue weighted by molar-refractivity contribution is 0.282. The summed E-state index contributed by atoms with van der Waals surface area (Å²) in [5.74, 6) is 0. The van der Waals surface area contributed by atoms with Gasteiger partial charge in [0.1, 0.15) is 0 Å². The first-order valence-electron chi connectivity index (χ1n) is 6.49. The molecule has 0 aromatic heterocycles. The maximum atomic E-state index is 9.04. The zero-order valence-electron chi connectivity index (χ0n) is 10.8. The van der Waals surface area contributed by atoms with E-state index >= 15 is 0 Å². The van der Waals surface area contributed by atoms with E-state index in [-0.39, 0.29) is 6.61 Å². The number of unbranched alkanes of at least 4 members (excludes halogenated alkanes) is 1. The van der Waals surface area contributed by atoms with Crippen molar-refractivity contribution in [2.75, 3.05) is 0 Å². The normalized spacial score (nSPS) is 10.1. The fourth-order valence-electron chi connectivity index (χ4n) is 2.08. The Hall–Kier alpha value is -2.11. The van der Waals surface area contributed by atoms with Crippen molar-refractivity contribution in [1.29, 1.82) is 5.26 Å². The van der Waals surface area contributed by atoms with Gasteiger partial charge in [-0.05, 0) is 35.1 Å². The summed E-state index contributed by atoms with van der Waals surface area (Å²) >= 11 is 0. The Morgan fingerprint density at radius 2 is 1.74 bits per heavy atom. The van der Waals surface area contributed by atoms with Gasteiger partial charge in [-0.15, -0.1) is 0 Å². The van der Waals surface area contributed by atoms with E-state index in [1.54, 1.807) is 0 Å². The van der Waals surface area contributed by atoms with Gasteiger partial charge in [-0.25, -0.2) is 0 Å². The minimum atomic E-state index is 0.0779. The SMILES string of the molecule is N#CCCCc1cccc(-c2ccc(CO)cc2)c1. The highest BCUT2D eigenvalue weighted by molar-refractivity contribution is 5.64. The summed E-state index contributed by atoms with van der Waals surface area (Å²) in [6.07, 6.45) is 2.45. The van der Waals surface area contributed by atoms with Crippen LogP contribution in [0.15, 0.2) is 48.5 Å². The summed E-state index contributed by atoms with van der Waals surface area (Å²) in [6.45, 7) is 0.0779. The molecule has 2 nitrogen and oxygen atoms in total. The first kappa shape index (κ1) is 13.3. The van der Waals surface area contributed by atoms with E-state index in [9.17, 15) is 0 Å². The minimum Gasteiger partial charge on any atom is -0.392 e.